The highest BCUT2D eigenvalue weighted by molar-refractivity contribution is 7.89. The van der Waals surface area contributed by atoms with E-state index in [1.807, 2.05) is 6.92 Å². The Kier molecular flexibility index (Phi) is 3.62. The molecule has 1 aliphatic carbocycles. The van der Waals surface area contributed by atoms with E-state index in [2.05, 4.69) is 29.4 Å². The summed E-state index contributed by atoms with van der Waals surface area (Å²) in [6.07, 6.45) is 3.25. The molecular weight excluding hydrogens is 288 g/mol. The van der Waals surface area contributed by atoms with Crippen LogP contribution in [0.25, 0.3) is 0 Å². The summed E-state index contributed by atoms with van der Waals surface area (Å²) in [5, 5.41) is 10.5. The van der Waals surface area contributed by atoms with Gasteiger partial charge in [0.25, 0.3) is 10.0 Å². The van der Waals surface area contributed by atoms with Gasteiger partial charge in [0, 0.05) is 36.9 Å². The van der Waals surface area contributed by atoms with Crippen LogP contribution < -0.4 is 5.32 Å². The zero-order chi connectivity index (χ0) is 15.3. The van der Waals surface area contributed by atoms with Gasteiger partial charge in [-0.25, -0.2) is 8.42 Å². The molecule has 0 atom stereocenters. The van der Waals surface area contributed by atoms with Crippen LogP contribution in [-0.2, 0) is 16.6 Å². The number of aromatic nitrogens is 2. The van der Waals surface area contributed by atoms with Gasteiger partial charge < -0.3 is 5.32 Å². The molecule has 3 rings (SSSR count). The molecule has 0 unspecified atom stereocenters. The number of sulfonamides is 1. The van der Waals surface area contributed by atoms with Crippen molar-refractivity contribution in [3.8, 4) is 0 Å². The third-order valence-electron chi connectivity index (χ3n) is 4.41. The first-order valence-corrected chi connectivity index (χ1v) is 9.01. The summed E-state index contributed by atoms with van der Waals surface area (Å²) in [5.74, 6) is 0. The number of hydrogen-bond acceptors (Lipinski definition) is 4. The molecule has 2 aliphatic rings. The van der Waals surface area contributed by atoms with Gasteiger partial charge in [-0.05, 0) is 31.6 Å². The van der Waals surface area contributed by atoms with E-state index in [0.717, 1.165) is 17.7 Å². The summed E-state index contributed by atoms with van der Waals surface area (Å²) < 4.78 is 27.2. The molecule has 1 aromatic heterocycles. The van der Waals surface area contributed by atoms with Crippen molar-refractivity contribution in [1.29, 1.82) is 0 Å². The Morgan fingerprint density at radius 2 is 2.14 bits per heavy atom. The monoisotopic (exact) mass is 312 g/mol. The van der Waals surface area contributed by atoms with Crippen LogP contribution in [0.5, 0.6) is 0 Å². The first kappa shape index (κ1) is 15.0. The van der Waals surface area contributed by atoms with Crippen molar-refractivity contribution < 1.29 is 8.42 Å². The van der Waals surface area contributed by atoms with Gasteiger partial charge >= 0.3 is 0 Å². The van der Waals surface area contributed by atoms with Gasteiger partial charge in [0.2, 0.25) is 0 Å². The number of aromatic amines is 1. The summed E-state index contributed by atoms with van der Waals surface area (Å²) in [4.78, 5) is 0. The minimum atomic E-state index is -3.50. The lowest BCUT2D eigenvalue weighted by molar-refractivity contribution is 0.374. The maximum Gasteiger partial charge on any atom is 0.262 e. The number of hydrogen-bond donors (Lipinski definition) is 2. The first-order chi connectivity index (χ1) is 9.79. The number of H-pyrrole nitrogens is 1. The molecule has 2 fully saturated rings. The summed E-state index contributed by atoms with van der Waals surface area (Å²) in [7, 11) is -3.50. The highest BCUT2D eigenvalue weighted by Crippen LogP contribution is 2.33. The maximum atomic E-state index is 12.8. The average molecular weight is 312 g/mol. The molecule has 0 radical (unpaired) electrons. The van der Waals surface area contributed by atoms with E-state index in [9.17, 15) is 8.42 Å². The normalized spacial score (nSPS) is 22.8. The van der Waals surface area contributed by atoms with Crippen molar-refractivity contribution in [3.63, 3.8) is 0 Å². The lowest BCUT2D eigenvalue weighted by Crippen LogP contribution is -2.31. The second-order valence-corrected chi connectivity index (χ2v) is 8.89. The van der Waals surface area contributed by atoms with Crippen LogP contribution in [0.2, 0.25) is 0 Å². The first-order valence-electron chi connectivity index (χ1n) is 7.57. The summed E-state index contributed by atoms with van der Waals surface area (Å²) in [5.41, 5.74) is 1.66. The highest BCUT2D eigenvalue weighted by atomic mass is 32.2. The molecular formula is C14H24N4O2S. The maximum absolute atomic E-state index is 12.8. The molecule has 6 nitrogen and oxygen atoms in total. The molecule has 2 heterocycles. The van der Waals surface area contributed by atoms with Crippen LogP contribution in [0.3, 0.4) is 0 Å². The van der Waals surface area contributed by atoms with Crippen LogP contribution in [-0.4, -0.2) is 42.1 Å². The van der Waals surface area contributed by atoms with E-state index in [1.54, 1.807) is 4.31 Å². The number of aryl methyl sites for hydroxylation is 1. The third kappa shape index (κ3) is 3.00. The van der Waals surface area contributed by atoms with Gasteiger partial charge in [-0.3, -0.25) is 5.10 Å². The summed E-state index contributed by atoms with van der Waals surface area (Å²) in [6, 6.07) is 0.542. The average Bonchev–Trinajstić information content (AvgIpc) is 3.04. The van der Waals surface area contributed by atoms with E-state index in [4.69, 9.17) is 0 Å². The molecule has 0 spiro atoms. The second kappa shape index (κ2) is 5.07. The number of nitrogens with one attached hydrogen (secondary N) is 2. The van der Waals surface area contributed by atoms with Crippen molar-refractivity contribution in [2.45, 2.75) is 57.6 Å². The Labute approximate surface area is 126 Å². The van der Waals surface area contributed by atoms with Gasteiger partial charge in [0.05, 0.1) is 0 Å². The quantitative estimate of drug-likeness (QED) is 0.861. The zero-order valence-corrected chi connectivity index (χ0v) is 13.8. The van der Waals surface area contributed by atoms with Crippen LogP contribution >= 0.6 is 0 Å². The van der Waals surface area contributed by atoms with Gasteiger partial charge in [0.15, 0.2) is 5.03 Å². The Morgan fingerprint density at radius 1 is 1.43 bits per heavy atom. The van der Waals surface area contributed by atoms with Crippen molar-refractivity contribution in [2.24, 2.45) is 5.41 Å². The molecule has 0 amide bonds. The Bertz CT molecular complexity index is 631. The minimum Gasteiger partial charge on any atom is -0.310 e. The standard InChI is InChI=1S/C14H24N4O2S/c1-10-12(8-15-11-4-5-11)13(17-16-10)21(19,20)18-7-6-14(2,3)9-18/h11,15H,4-9H2,1-3H3,(H,16,17). The Balaban J connectivity index is 1.84. The highest BCUT2D eigenvalue weighted by Gasteiger charge is 2.39. The molecule has 1 aromatic rings. The minimum absolute atomic E-state index is 0.0465. The lowest BCUT2D eigenvalue weighted by Gasteiger charge is -2.19. The molecule has 7 heteroatoms. The SMILES string of the molecule is Cc1[nH]nc(S(=O)(=O)N2CCC(C)(C)C2)c1CNC1CC1. The van der Waals surface area contributed by atoms with E-state index in [1.165, 1.54) is 12.8 Å². The van der Waals surface area contributed by atoms with Crippen LogP contribution in [0.4, 0.5) is 0 Å². The Morgan fingerprint density at radius 3 is 2.71 bits per heavy atom. The second-order valence-electron chi connectivity index (χ2n) is 7.04. The van der Waals surface area contributed by atoms with Gasteiger partial charge in [0.1, 0.15) is 0 Å². The number of nitrogens with zero attached hydrogens (tertiary/aromatic N) is 2. The fourth-order valence-corrected chi connectivity index (χ4v) is 4.57. The molecule has 2 N–H and O–H groups in total. The smallest absolute Gasteiger partial charge is 0.262 e. The molecule has 0 bridgehead atoms. The number of rotatable bonds is 5. The summed E-state index contributed by atoms with van der Waals surface area (Å²) in [6.45, 7) is 7.80. The largest absolute Gasteiger partial charge is 0.310 e. The fourth-order valence-electron chi connectivity index (χ4n) is 2.78. The molecule has 21 heavy (non-hydrogen) atoms. The van der Waals surface area contributed by atoms with Crippen LogP contribution in [0, 0.1) is 12.3 Å². The molecule has 1 saturated carbocycles. The third-order valence-corrected chi connectivity index (χ3v) is 6.23. The van der Waals surface area contributed by atoms with E-state index in [0.29, 0.717) is 25.7 Å². The predicted molar refractivity (Wildman–Crippen MR) is 80.3 cm³/mol. The van der Waals surface area contributed by atoms with E-state index in [-0.39, 0.29) is 10.4 Å². The van der Waals surface area contributed by atoms with Crippen molar-refractivity contribution in [2.75, 3.05) is 13.1 Å². The fraction of sp³-hybridized carbons (Fsp3) is 0.786. The topological polar surface area (TPSA) is 78.1 Å². The van der Waals surface area contributed by atoms with Crippen molar-refractivity contribution in [3.05, 3.63) is 11.3 Å². The van der Waals surface area contributed by atoms with E-state index < -0.39 is 10.0 Å². The molecule has 0 aromatic carbocycles. The Hall–Kier alpha value is -0.920. The lowest BCUT2D eigenvalue weighted by atomic mass is 9.93. The predicted octanol–water partition coefficient (Wildman–Crippen LogP) is 1.39. The van der Waals surface area contributed by atoms with Crippen molar-refractivity contribution in [1.82, 2.24) is 19.8 Å². The molecule has 1 saturated heterocycles. The molecule has 118 valence electrons. The van der Waals surface area contributed by atoms with Crippen LogP contribution in [0.1, 0.15) is 44.4 Å². The summed E-state index contributed by atoms with van der Waals surface area (Å²) >= 11 is 0. The van der Waals surface area contributed by atoms with Crippen LogP contribution in [0.15, 0.2) is 5.03 Å². The molecule has 1 aliphatic heterocycles. The van der Waals surface area contributed by atoms with Gasteiger partial charge in [-0.2, -0.15) is 9.40 Å². The van der Waals surface area contributed by atoms with E-state index >= 15 is 0 Å². The van der Waals surface area contributed by atoms with Gasteiger partial charge in [-0.15, -0.1) is 0 Å². The van der Waals surface area contributed by atoms with Crippen molar-refractivity contribution >= 4 is 10.0 Å². The zero-order valence-electron chi connectivity index (χ0n) is 12.9. The van der Waals surface area contributed by atoms with Gasteiger partial charge in [-0.1, -0.05) is 13.8 Å².